The molecule has 1 atom stereocenters. The van der Waals surface area contributed by atoms with Crippen molar-refractivity contribution in [1.82, 2.24) is 10.6 Å². The number of hydrogen-bond donors (Lipinski definition) is 2. The van der Waals surface area contributed by atoms with E-state index in [2.05, 4.69) is 17.6 Å². The predicted octanol–water partition coefficient (Wildman–Crippen LogP) is 1.04. The van der Waals surface area contributed by atoms with Crippen LogP contribution >= 0.6 is 0 Å². The summed E-state index contributed by atoms with van der Waals surface area (Å²) in [5, 5.41) is 6.39. The minimum Gasteiger partial charge on any atom is -0.352 e. The lowest BCUT2D eigenvalue weighted by atomic mass is 9.81. The van der Waals surface area contributed by atoms with Gasteiger partial charge in [-0.1, -0.05) is 13.3 Å². The Morgan fingerprint density at radius 3 is 2.71 bits per heavy atom. The monoisotopic (exact) mass is 196 g/mol. The van der Waals surface area contributed by atoms with Crippen LogP contribution in [0.5, 0.6) is 0 Å². The molecule has 1 saturated heterocycles. The molecule has 1 aliphatic carbocycles. The highest BCUT2D eigenvalue weighted by Crippen LogP contribution is 2.26. The Morgan fingerprint density at radius 2 is 2.14 bits per heavy atom. The van der Waals surface area contributed by atoms with Crippen LogP contribution in [0.15, 0.2) is 0 Å². The van der Waals surface area contributed by atoms with Gasteiger partial charge in [0.1, 0.15) is 0 Å². The molecule has 2 rings (SSSR count). The number of carbonyl (C=O) groups is 1. The average molecular weight is 196 g/mol. The van der Waals surface area contributed by atoms with Crippen molar-refractivity contribution in [2.45, 2.75) is 51.1 Å². The second-order valence-corrected chi connectivity index (χ2v) is 4.78. The van der Waals surface area contributed by atoms with E-state index in [4.69, 9.17) is 0 Å². The van der Waals surface area contributed by atoms with E-state index in [1.807, 2.05) is 0 Å². The van der Waals surface area contributed by atoms with Gasteiger partial charge >= 0.3 is 0 Å². The van der Waals surface area contributed by atoms with E-state index in [-0.39, 0.29) is 11.9 Å². The van der Waals surface area contributed by atoms with Crippen molar-refractivity contribution >= 4 is 5.91 Å². The molecule has 0 aromatic heterocycles. The summed E-state index contributed by atoms with van der Waals surface area (Å²) in [5.74, 6) is 1.03. The van der Waals surface area contributed by atoms with Gasteiger partial charge in [0.05, 0.1) is 6.04 Å². The van der Waals surface area contributed by atoms with Crippen LogP contribution < -0.4 is 10.6 Å². The molecule has 3 nitrogen and oxygen atoms in total. The Labute approximate surface area is 85.6 Å². The lowest BCUT2D eigenvalue weighted by Gasteiger charge is -2.35. The second kappa shape index (κ2) is 4.30. The maximum Gasteiger partial charge on any atom is 0.237 e. The maximum atomic E-state index is 11.7. The summed E-state index contributed by atoms with van der Waals surface area (Å²) in [6, 6.07) is 0.542. The van der Waals surface area contributed by atoms with Crippen molar-refractivity contribution in [3.63, 3.8) is 0 Å². The molecule has 1 heterocycles. The fourth-order valence-electron chi connectivity index (χ4n) is 2.40. The Hall–Kier alpha value is -0.570. The van der Waals surface area contributed by atoms with Crippen molar-refractivity contribution < 1.29 is 4.79 Å². The van der Waals surface area contributed by atoms with E-state index in [0.29, 0.717) is 6.04 Å². The van der Waals surface area contributed by atoms with E-state index in [0.717, 1.165) is 18.9 Å². The van der Waals surface area contributed by atoms with Crippen LogP contribution in [0, 0.1) is 5.92 Å². The van der Waals surface area contributed by atoms with Gasteiger partial charge in [-0.2, -0.15) is 0 Å². The quantitative estimate of drug-likeness (QED) is 0.693. The first-order chi connectivity index (χ1) is 6.75. The van der Waals surface area contributed by atoms with Crippen molar-refractivity contribution in [3.05, 3.63) is 0 Å². The molecule has 14 heavy (non-hydrogen) atoms. The summed E-state index contributed by atoms with van der Waals surface area (Å²) in [6.07, 6.45) is 5.74. The number of amides is 1. The van der Waals surface area contributed by atoms with Gasteiger partial charge in [-0.15, -0.1) is 0 Å². The molecule has 1 aliphatic heterocycles. The first-order valence-corrected chi connectivity index (χ1v) is 5.79. The highest BCUT2D eigenvalue weighted by molar-refractivity contribution is 5.82. The number of hydrogen-bond acceptors (Lipinski definition) is 2. The molecule has 2 fully saturated rings. The fourth-order valence-corrected chi connectivity index (χ4v) is 2.40. The lowest BCUT2D eigenvalue weighted by Crippen LogP contribution is -2.52. The Kier molecular flexibility index (Phi) is 3.06. The average Bonchev–Trinajstić information content (AvgIpc) is 2.17. The Morgan fingerprint density at radius 1 is 1.36 bits per heavy atom. The summed E-state index contributed by atoms with van der Waals surface area (Å²) >= 11 is 0. The third kappa shape index (κ3) is 2.27. The first-order valence-electron chi connectivity index (χ1n) is 5.79. The largest absolute Gasteiger partial charge is 0.352 e. The third-order valence-corrected chi connectivity index (χ3v) is 3.35. The van der Waals surface area contributed by atoms with E-state index >= 15 is 0 Å². The summed E-state index contributed by atoms with van der Waals surface area (Å²) in [7, 11) is 0. The minimum absolute atomic E-state index is 0.0830. The zero-order chi connectivity index (χ0) is 9.97. The summed E-state index contributed by atoms with van der Waals surface area (Å²) in [5.41, 5.74) is 0. The molecule has 1 amide bonds. The summed E-state index contributed by atoms with van der Waals surface area (Å²) < 4.78 is 0. The molecule has 80 valence electrons. The van der Waals surface area contributed by atoms with Gasteiger partial charge in [0, 0.05) is 6.04 Å². The SMILES string of the molecule is CC1CC(NC(=O)[C@H]2CCCCN2)C1. The molecule has 0 radical (unpaired) electrons. The van der Waals surface area contributed by atoms with Gasteiger partial charge < -0.3 is 10.6 Å². The van der Waals surface area contributed by atoms with Crippen molar-refractivity contribution in [2.24, 2.45) is 5.92 Å². The standard InChI is InChI=1S/C11H20N2O/c1-8-6-9(7-8)13-11(14)10-4-2-3-5-12-10/h8-10,12H,2-7H2,1H3,(H,13,14)/t8?,9?,10-/m1/s1. The zero-order valence-electron chi connectivity index (χ0n) is 8.88. The predicted molar refractivity (Wildman–Crippen MR) is 56.0 cm³/mol. The molecule has 2 aliphatic rings. The van der Waals surface area contributed by atoms with Crippen LogP contribution in [0.1, 0.15) is 39.0 Å². The molecule has 0 bridgehead atoms. The van der Waals surface area contributed by atoms with Crippen LogP contribution in [0.25, 0.3) is 0 Å². The van der Waals surface area contributed by atoms with E-state index in [1.165, 1.54) is 25.7 Å². The van der Waals surface area contributed by atoms with Gasteiger partial charge in [-0.3, -0.25) is 4.79 Å². The summed E-state index contributed by atoms with van der Waals surface area (Å²) in [4.78, 5) is 11.7. The van der Waals surface area contributed by atoms with E-state index < -0.39 is 0 Å². The molecule has 0 unspecified atom stereocenters. The van der Waals surface area contributed by atoms with Crippen LogP contribution in [0.3, 0.4) is 0 Å². The third-order valence-electron chi connectivity index (χ3n) is 3.35. The van der Waals surface area contributed by atoms with Crippen LogP contribution in [0.2, 0.25) is 0 Å². The first kappa shape index (κ1) is 9.97. The number of piperidine rings is 1. The topological polar surface area (TPSA) is 41.1 Å². The van der Waals surface area contributed by atoms with E-state index in [9.17, 15) is 4.79 Å². The van der Waals surface area contributed by atoms with Crippen molar-refractivity contribution in [1.29, 1.82) is 0 Å². The smallest absolute Gasteiger partial charge is 0.237 e. The van der Waals surface area contributed by atoms with Crippen LogP contribution in [-0.4, -0.2) is 24.5 Å². The van der Waals surface area contributed by atoms with Gasteiger partial charge in [0.25, 0.3) is 0 Å². The number of carbonyl (C=O) groups excluding carboxylic acids is 1. The van der Waals surface area contributed by atoms with Crippen molar-refractivity contribution in [3.8, 4) is 0 Å². The van der Waals surface area contributed by atoms with E-state index in [1.54, 1.807) is 0 Å². The zero-order valence-corrected chi connectivity index (χ0v) is 8.88. The van der Waals surface area contributed by atoms with Gasteiger partial charge in [-0.05, 0) is 38.1 Å². The molecule has 0 aromatic carbocycles. The maximum absolute atomic E-state index is 11.7. The molecule has 0 aromatic rings. The highest BCUT2D eigenvalue weighted by Gasteiger charge is 2.29. The fraction of sp³-hybridized carbons (Fsp3) is 0.909. The Balaban J connectivity index is 1.71. The molecule has 0 spiro atoms. The number of nitrogens with one attached hydrogen (secondary N) is 2. The summed E-state index contributed by atoms with van der Waals surface area (Å²) in [6.45, 7) is 3.24. The van der Waals surface area contributed by atoms with Gasteiger partial charge in [0.15, 0.2) is 0 Å². The van der Waals surface area contributed by atoms with Crippen LogP contribution in [0.4, 0.5) is 0 Å². The molecule has 2 N–H and O–H groups in total. The van der Waals surface area contributed by atoms with Crippen LogP contribution in [-0.2, 0) is 4.79 Å². The van der Waals surface area contributed by atoms with Gasteiger partial charge in [-0.25, -0.2) is 0 Å². The molecular weight excluding hydrogens is 176 g/mol. The molecule has 1 saturated carbocycles. The Bertz CT molecular complexity index is 205. The highest BCUT2D eigenvalue weighted by atomic mass is 16.2. The lowest BCUT2D eigenvalue weighted by molar-refractivity contribution is -0.125. The molecule has 3 heteroatoms. The van der Waals surface area contributed by atoms with Gasteiger partial charge in [0.2, 0.25) is 5.91 Å². The van der Waals surface area contributed by atoms with Crippen molar-refractivity contribution in [2.75, 3.05) is 6.54 Å². The molecular formula is C11H20N2O. The normalized spacial score (nSPS) is 37.4. The minimum atomic E-state index is 0.0830. The second-order valence-electron chi connectivity index (χ2n) is 4.78. The number of rotatable bonds is 2.